The first-order valence-electron chi connectivity index (χ1n) is 7.56. The standard InChI is InChI=1S/C18H17BrFNO2/c19-17-13-7-9-15(12(13)6-8-14(17)20)21-16(18(22)23)10-11-4-2-1-3-5-11/h1-6,8,15-16,21H,7,9-10H2,(H,22,23)/t15?,16-/m0/s1. The van der Waals surface area contributed by atoms with Crippen molar-refractivity contribution in [3.63, 3.8) is 0 Å². The lowest BCUT2D eigenvalue weighted by Crippen LogP contribution is -2.40. The van der Waals surface area contributed by atoms with Crippen LogP contribution in [0.3, 0.4) is 0 Å². The molecule has 3 nitrogen and oxygen atoms in total. The summed E-state index contributed by atoms with van der Waals surface area (Å²) in [6.45, 7) is 0. The van der Waals surface area contributed by atoms with Crippen LogP contribution in [0.25, 0.3) is 0 Å². The molecule has 2 atom stereocenters. The summed E-state index contributed by atoms with van der Waals surface area (Å²) in [6.07, 6.45) is 1.93. The van der Waals surface area contributed by atoms with Crippen LogP contribution in [0.1, 0.15) is 29.2 Å². The molecule has 0 heterocycles. The van der Waals surface area contributed by atoms with Gasteiger partial charge < -0.3 is 5.11 Å². The molecule has 0 spiro atoms. The molecule has 0 saturated carbocycles. The van der Waals surface area contributed by atoms with Crippen molar-refractivity contribution in [2.24, 2.45) is 0 Å². The molecule has 23 heavy (non-hydrogen) atoms. The third-order valence-corrected chi connectivity index (χ3v) is 5.13. The third-order valence-electron chi connectivity index (χ3n) is 4.27. The number of carboxylic acid groups (broad SMARTS) is 1. The number of carbonyl (C=O) groups is 1. The van der Waals surface area contributed by atoms with Gasteiger partial charge in [0.25, 0.3) is 0 Å². The highest BCUT2D eigenvalue weighted by Crippen LogP contribution is 2.37. The lowest BCUT2D eigenvalue weighted by molar-refractivity contribution is -0.139. The Morgan fingerprint density at radius 3 is 2.74 bits per heavy atom. The normalized spacial score (nSPS) is 17.7. The molecule has 3 rings (SSSR count). The van der Waals surface area contributed by atoms with Crippen molar-refractivity contribution < 1.29 is 14.3 Å². The minimum atomic E-state index is -0.872. The number of rotatable bonds is 5. The van der Waals surface area contributed by atoms with Crippen molar-refractivity contribution in [2.75, 3.05) is 0 Å². The highest BCUT2D eigenvalue weighted by Gasteiger charge is 2.29. The number of aliphatic carboxylic acids is 1. The van der Waals surface area contributed by atoms with Crippen LogP contribution in [0, 0.1) is 5.82 Å². The molecule has 0 amide bonds. The van der Waals surface area contributed by atoms with E-state index in [1.807, 2.05) is 30.3 Å². The van der Waals surface area contributed by atoms with Crippen molar-refractivity contribution in [1.29, 1.82) is 0 Å². The zero-order valence-electron chi connectivity index (χ0n) is 12.4. The second-order valence-corrected chi connectivity index (χ2v) is 6.56. The fourth-order valence-electron chi connectivity index (χ4n) is 3.12. The van der Waals surface area contributed by atoms with Gasteiger partial charge in [-0.25, -0.2) is 4.39 Å². The smallest absolute Gasteiger partial charge is 0.321 e. The molecule has 2 N–H and O–H groups in total. The topological polar surface area (TPSA) is 49.3 Å². The molecule has 5 heteroatoms. The van der Waals surface area contributed by atoms with Crippen LogP contribution in [-0.2, 0) is 17.6 Å². The van der Waals surface area contributed by atoms with E-state index in [4.69, 9.17) is 0 Å². The summed E-state index contributed by atoms with van der Waals surface area (Å²) >= 11 is 3.29. The van der Waals surface area contributed by atoms with Gasteiger partial charge in [-0.2, -0.15) is 0 Å². The third kappa shape index (κ3) is 3.46. The number of hydrogen-bond donors (Lipinski definition) is 2. The van der Waals surface area contributed by atoms with Gasteiger partial charge in [0, 0.05) is 6.04 Å². The summed E-state index contributed by atoms with van der Waals surface area (Å²) in [6, 6.07) is 12.0. The summed E-state index contributed by atoms with van der Waals surface area (Å²) in [5.74, 6) is -1.15. The van der Waals surface area contributed by atoms with Crippen molar-refractivity contribution in [2.45, 2.75) is 31.3 Å². The van der Waals surface area contributed by atoms with E-state index in [0.29, 0.717) is 10.9 Å². The van der Waals surface area contributed by atoms with Crippen LogP contribution in [-0.4, -0.2) is 17.1 Å². The Balaban J connectivity index is 1.78. The Morgan fingerprint density at radius 2 is 2.04 bits per heavy atom. The molecule has 2 aromatic carbocycles. The van der Waals surface area contributed by atoms with E-state index in [-0.39, 0.29) is 11.9 Å². The van der Waals surface area contributed by atoms with Gasteiger partial charge in [0.15, 0.2) is 0 Å². The van der Waals surface area contributed by atoms with E-state index >= 15 is 0 Å². The largest absolute Gasteiger partial charge is 0.480 e. The van der Waals surface area contributed by atoms with Crippen molar-refractivity contribution in [3.05, 3.63) is 69.4 Å². The zero-order chi connectivity index (χ0) is 16.4. The van der Waals surface area contributed by atoms with Gasteiger partial charge >= 0.3 is 5.97 Å². The van der Waals surface area contributed by atoms with Gasteiger partial charge in [-0.3, -0.25) is 10.1 Å². The fraction of sp³-hybridized carbons (Fsp3) is 0.278. The molecule has 1 aliphatic carbocycles. The maximum atomic E-state index is 13.6. The lowest BCUT2D eigenvalue weighted by atomic mass is 10.0. The zero-order valence-corrected chi connectivity index (χ0v) is 14.0. The molecule has 1 unspecified atom stereocenters. The second-order valence-electron chi connectivity index (χ2n) is 5.77. The predicted molar refractivity (Wildman–Crippen MR) is 89.9 cm³/mol. The summed E-state index contributed by atoms with van der Waals surface area (Å²) in [7, 11) is 0. The average molecular weight is 378 g/mol. The first-order valence-corrected chi connectivity index (χ1v) is 8.35. The number of nitrogens with one attached hydrogen (secondary N) is 1. The quantitative estimate of drug-likeness (QED) is 0.831. The van der Waals surface area contributed by atoms with Gasteiger partial charge in [-0.15, -0.1) is 0 Å². The first-order chi connectivity index (χ1) is 11.1. The summed E-state index contributed by atoms with van der Waals surface area (Å²) < 4.78 is 14.1. The Hall–Kier alpha value is -1.72. The monoisotopic (exact) mass is 377 g/mol. The number of fused-ring (bicyclic) bond motifs is 1. The first kappa shape index (κ1) is 16.1. The molecule has 0 fully saturated rings. The molecule has 0 bridgehead atoms. The molecule has 0 saturated heterocycles. The van der Waals surface area contributed by atoms with Crippen LogP contribution in [0.4, 0.5) is 4.39 Å². The van der Waals surface area contributed by atoms with Crippen LogP contribution >= 0.6 is 15.9 Å². The Kier molecular flexibility index (Phi) is 4.78. The van der Waals surface area contributed by atoms with Crippen LogP contribution in [0.15, 0.2) is 46.9 Å². The lowest BCUT2D eigenvalue weighted by Gasteiger charge is -2.21. The highest BCUT2D eigenvalue weighted by atomic mass is 79.9. The average Bonchev–Trinajstić information content (AvgIpc) is 2.95. The summed E-state index contributed by atoms with van der Waals surface area (Å²) in [5.41, 5.74) is 2.90. The predicted octanol–water partition coefficient (Wildman–Crippen LogP) is 3.86. The molecule has 120 valence electrons. The Bertz CT molecular complexity index is 720. The molecular weight excluding hydrogens is 361 g/mol. The van der Waals surface area contributed by atoms with E-state index in [1.165, 1.54) is 6.07 Å². The van der Waals surface area contributed by atoms with Crippen molar-refractivity contribution in [3.8, 4) is 0 Å². The Labute approximate surface area is 142 Å². The minimum Gasteiger partial charge on any atom is -0.480 e. The molecular formula is C18H17BrFNO2. The molecule has 0 radical (unpaired) electrons. The fourth-order valence-corrected chi connectivity index (χ4v) is 3.67. The summed E-state index contributed by atoms with van der Waals surface area (Å²) in [5, 5.41) is 12.7. The number of hydrogen-bond acceptors (Lipinski definition) is 2. The van der Waals surface area contributed by atoms with E-state index in [1.54, 1.807) is 6.07 Å². The summed E-state index contributed by atoms with van der Waals surface area (Å²) in [4.78, 5) is 11.6. The minimum absolute atomic E-state index is 0.0632. The maximum Gasteiger partial charge on any atom is 0.321 e. The van der Waals surface area contributed by atoms with E-state index in [2.05, 4.69) is 21.2 Å². The second kappa shape index (κ2) is 6.81. The van der Waals surface area contributed by atoms with Gasteiger partial charge in [-0.1, -0.05) is 36.4 Å². The maximum absolute atomic E-state index is 13.6. The van der Waals surface area contributed by atoms with E-state index in [9.17, 15) is 14.3 Å². The van der Waals surface area contributed by atoms with Gasteiger partial charge in [0.05, 0.1) is 4.47 Å². The van der Waals surface area contributed by atoms with Crippen molar-refractivity contribution in [1.82, 2.24) is 5.32 Å². The van der Waals surface area contributed by atoms with Crippen LogP contribution < -0.4 is 5.32 Å². The van der Waals surface area contributed by atoms with Crippen molar-refractivity contribution >= 4 is 21.9 Å². The molecule has 0 aliphatic heterocycles. The number of halogens is 2. The molecule has 0 aromatic heterocycles. The van der Waals surface area contributed by atoms with Gasteiger partial charge in [0.1, 0.15) is 11.9 Å². The van der Waals surface area contributed by atoms with E-state index < -0.39 is 12.0 Å². The molecule has 1 aliphatic rings. The van der Waals surface area contributed by atoms with Gasteiger partial charge in [0.2, 0.25) is 0 Å². The SMILES string of the molecule is O=C(O)[C@H](Cc1ccccc1)NC1CCc2c1ccc(F)c2Br. The van der Waals surface area contributed by atoms with Crippen LogP contribution in [0.5, 0.6) is 0 Å². The van der Waals surface area contributed by atoms with E-state index in [0.717, 1.165) is 29.5 Å². The number of carboxylic acids is 1. The van der Waals surface area contributed by atoms with Gasteiger partial charge in [-0.05, 0) is 57.9 Å². The molecule has 2 aromatic rings. The highest BCUT2D eigenvalue weighted by molar-refractivity contribution is 9.10. The number of benzene rings is 2. The van der Waals surface area contributed by atoms with Crippen LogP contribution in [0.2, 0.25) is 0 Å². The Morgan fingerprint density at radius 1 is 1.30 bits per heavy atom.